The van der Waals surface area contributed by atoms with E-state index < -0.39 is 5.69 Å². The fourth-order valence-electron chi connectivity index (χ4n) is 4.19. The van der Waals surface area contributed by atoms with Gasteiger partial charge in [-0.3, -0.25) is 18.7 Å². The second kappa shape index (κ2) is 8.97. The Morgan fingerprint density at radius 1 is 1.16 bits per heavy atom. The minimum Gasteiger partial charge on any atom is -0.342 e. The third-order valence-corrected chi connectivity index (χ3v) is 7.07. The quantitative estimate of drug-likeness (QED) is 0.551. The van der Waals surface area contributed by atoms with Crippen molar-refractivity contribution >= 4 is 28.8 Å². The molecule has 0 radical (unpaired) electrons. The van der Waals surface area contributed by atoms with Gasteiger partial charge in [0.15, 0.2) is 16.3 Å². The number of rotatable bonds is 5. The molecule has 0 aliphatic carbocycles. The van der Waals surface area contributed by atoms with Crippen molar-refractivity contribution in [3.8, 4) is 0 Å². The average Bonchev–Trinajstić information content (AvgIpc) is 3.14. The van der Waals surface area contributed by atoms with E-state index in [-0.39, 0.29) is 17.2 Å². The topological polar surface area (TPSA) is 82.1 Å². The number of carbonyl (C=O) groups is 1. The first-order valence-electron chi connectivity index (χ1n) is 10.9. The lowest BCUT2D eigenvalue weighted by molar-refractivity contribution is -0.130. The van der Waals surface area contributed by atoms with Crippen LogP contribution in [0, 0.1) is 12.8 Å². The molecule has 1 aromatic carbocycles. The molecule has 32 heavy (non-hydrogen) atoms. The number of aryl methyl sites for hydroxylation is 2. The van der Waals surface area contributed by atoms with Crippen molar-refractivity contribution in [2.75, 3.05) is 18.8 Å². The predicted molar refractivity (Wildman–Crippen MR) is 126 cm³/mol. The van der Waals surface area contributed by atoms with Gasteiger partial charge in [0.05, 0.1) is 12.3 Å². The zero-order valence-corrected chi connectivity index (χ0v) is 19.8. The van der Waals surface area contributed by atoms with Crippen LogP contribution in [0.3, 0.4) is 0 Å². The Balaban J connectivity index is 1.72. The number of likely N-dealkylation sites (tertiary alicyclic amines) is 1. The van der Waals surface area contributed by atoms with E-state index in [1.165, 1.54) is 23.4 Å². The van der Waals surface area contributed by atoms with E-state index >= 15 is 0 Å². The fourth-order valence-corrected chi connectivity index (χ4v) is 5.09. The molecule has 9 heteroatoms. The molecular weight excluding hydrogens is 426 g/mol. The lowest BCUT2D eigenvalue weighted by Gasteiger charge is -2.30. The van der Waals surface area contributed by atoms with E-state index in [4.69, 9.17) is 0 Å². The van der Waals surface area contributed by atoms with Crippen LogP contribution in [-0.4, -0.2) is 48.3 Å². The van der Waals surface area contributed by atoms with Crippen molar-refractivity contribution in [1.82, 2.24) is 23.6 Å². The van der Waals surface area contributed by atoms with Crippen LogP contribution in [0.2, 0.25) is 0 Å². The second-order valence-corrected chi connectivity index (χ2v) is 9.66. The van der Waals surface area contributed by atoms with E-state index in [1.807, 2.05) is 40.7 Å². The Kier molecular flexibility index (Phi) is 6.28. The first kappa shape index (κ1) is 22.4. The average molecular weight is 456 g/mol. The van der Waals surface area contributed by atoms with Crippen molar-refractivity contribution in [2.24, 2.45) is 20.0 Å². The molecule has 0 saturated carbocycles. The Hall–Kier alpha value is -2.81. The van der Waals surface area contributed by atoms with Gasteiger partial charge in [-0.25, -0.2) is 9.78 Å². The van der Waals surface area contributed by atoms with Gasteiger partial charge >= 0.3 is 5.69 Å². The first-order valence-corrected chi connectivity index (χ1v) is 11.9. The SMILES string of the molecule is Cc1ccc(Cn2c(SCC(=O)N3CCC[C@@H](C)C3)nc3c2c(=O)n(C)c(=O)n3C)cc1. The van der Waals surface area contributed by atoms with Gasteiger partial charge in [0, 0.05) is 27.2 Å². The number of aromatic nitrogens is 4. The van der Waals surface area contributed by atoms with E-state index in [9.17, 15) is 14.4 Å². The minimum absolute atomic E-state index is 0.0808. The molecule has 0 spiro atoms. The molecular formula is C23H29N5O3S. The predicted octanol–water partition coefficient (Wildman–Crippen LogP) is 2.14. The van der Waals surface area contributed by atoms with Gasteiger partial charge < -0.3 is 9.47 Å². The molecule has 1 saturated heterocycles. The molecule has 1 fully saturated rings. The molecule has 1 aliphatic rings. The molecule has 0 unspecified atom stereocenters. The number of hydrogen-bond donors (Lipinski definition) is 0. The van der Waals surface area contributed by atoms with Crippen molar-refractivity contribution < 1.29 is 4.79 Å². The third-order valence-electron chi connectivity index (χ3n) is 6.11. The van der Waals surface area contributed by atoms with Crippen LogP contribution in [0.5, 0.6) is 0 Å². The maximum atomic E-state index is 13.0. The van der Waals surface area contributed by atoms with Crippen LogP contribution in [0.4, 0.5) is 0 Å². The number of imidazole rings is 1. The molecule has 0 N–H and O–H groups in total. The molecule has 170 valence electrons. The summed E-state index contributed by atoms with van der Waals surface area (Å²) < 4.78 is 4.32. The highest BCUT2D eigenvalue weighted by molar-refractivity contribution is 7.99. The van der Waals surface area contributed by atoms with Gasteiger partial charge in [0.25, 0.3) is 5.56 Å². The van der Waals surface area contributed by atoms with Gasteiger partial charge in [0.2, 0.25) is 5.91 Å². The summed E-state index contributed by atoms with van der Waals surface area (Å²) in [5.41, 5.74) is 2.08. The highest BCUT2D eigenvalue weighted by Crippen LogP contribution is 2.24. The number of amides is 1. The Morgan fingerprint density at radius 3 is 2.56 bits per heavy atom. The third kappa shape index (κ3) is 4.26. The summed E-state index contributed by atoms with van der Waals surface area (Å²) in [5.74, 6) is 0.844. The molecule has 1 atom stereocenters. The van der Waals surface area contributed by atoms with E-state index in [0.717, 1.165) is 41.6 Å². The summed E-state index contributed by atoms with van der Waals surface area (Å²) in [6, 6.07) is 8.08. The summed E-state index contributed by atoms with van der Waals surface area (Å²) in [6.07, 6.45) is 2.18. The zero-order chi connectivity index (χ0) is 23.0. The van der Waals surface area contributed by atoms with E-state index in [0.29, 0.717) is 28.8 Å². The van der Waals surface area contributed by atoms with Gasteiger partial charge in [0.1, 0.15) is 0 Å². The van der Waals surface area contributed by atoms with Gasteiger partial charge in [-0.15, -0.1) is 0 Å². The molecule has 2 aromatic heterocycles. The normalized spacial score (nSPS) is 16.6. The van der Waals surface area contributed by atoms with E-state index in [1.54, 1.807) is 7.05 Å². The van der Waals surface area contributed by atoms with Crippen molar-refractivity contribution in [1.29, 1.82) is 0 Å². The molecule has 4 rings (SSSR count). The Bertz CT molecular complexity index is 1270. The Labute approximate surface area is 190 Å². The summed E-state index contributed by atoms with van der Waals surface area (Å²) in [4.78, 5) is 44.8. The smallest absolute Gasteiger partial charge is 0.332 e. The number of fused-ring (bicyclic) bond motifs is 1. The summed E-state index contributed by atoms with van der Waals surface area (Å²) >= 11 is 1.32. The lowest BCUT2D eigenvalue weighted by Crippen LogP contribution is -2.40. The second-order valence-electron chi connectivity index (χ2n) is 8.72. The first-order chi connectivity index (χ1) is 15.3. The fraction of sp³-hybridized carbons (Fsp3) is 0.478. The van der Waals surface area contributed by atoms with Gasteiger partial charge in [-0.1, -0.05) is 48.5 Å². The highest BCUT2D eigenvalue weighted by atomic mass is 32.2. The molecule has 8 nitrogen and oxygen atoms in total. The number of nitrogens with zero attached hydrogens (tertiary/aromatic N) is 5. The van der Waals surface area contributed by atoms with Crippen LogP contribution in [-0.2, 0) is 25.4 Å². The molecule has 1 amide bonds. The molecule has 1 aliphatic heterocycles. The zero-order valence-electron chi connectivity index (χ0n) is 19.0. The van der Waals surface area contributed by atoms with Crippen LogP contribution in [0.15, 0.2) is 39.0 Å². The lowest BCUT2D eigenvalue weighted by atomic mass is 10.0. The summed E-state index contributed by atoms with van der Waals surface area (Å²) in [6.45, 7) is 6.20. The summed E-state index contributed by atoms with van der Waals surface area (Å²) in [7, 11) is 3.09. The molecule has 3 heterocycles. The van der Waals surface area contributed by atoms with Crippen LogP contribution >= 0.6 is 11.8 Å². The minimum atomic E-state index is -0.419. The number of thioether (sulfide) groups is 1. The van der Waals surface area contributed by atoms with Gasteiger partial charge in [-0.2, -0.15) is 0 Å². The van der Waals surface area contributed by atoms with Crippen LogP contribution < -0.4 is 11.2 Å². The molecule has 0 bridgehead atoms. The number of carbonyl (C=O) groups excluding carboxylic acids is 1. The monoisotopic (exact) mass is 455 g/mol. The van der Waals surface area contributed by atoms with Crippen LogP contribution in [0.1, 0.15) is 30.9 Å². The van der Waals surface area contributed by atoms with Crippen molar-refractivity contribution in [3.05, 3.63) is 56.2 Å². The van der Waals surface area contributed by atoms with Crippen molar-refractivity contribution in [3.63, 3.8) is 0 Å². The van der Waals surface area contributed by atoms with Crippen LogP contribution in [0.25, 0.3) is 11.2 Å². The number of piperidine rings is 1. The largest absolute Gasteiger partial charge is 0.342 e. The highest BCUT2D eigenvalue weighted by Gasteiger charge is 2.24. The van der Waals surface area contributed by atoms with E-state index in [2.05, 4.69) is 11.9 Å². The van der Waals surface area contributed by atoms with Crippen molar-refractivity contribution in [2.45, 2.75) is 38.4 Å². The maximum Gasteiger partial charge on any atom is 0.332 e. The molecule has 3 aromatic rings. The summed E-state index contributed by atoms with van der Waals surface area (Å²) in [5, 5.41) is 0.567. The Morgan fingerprint density at radius 2 is 1.88 bits per heavy atom. The van der Waals surface area contributed by atoms with Gasteiger partial charge in [-0.05, 0) is 31.2 Å². The number of hydrogen-bond acceptors (Lipinski definition) is 5. The maximum absolute atomic E-state index is 13.0. The standard InChI is InChI=1S/C23H29N5O3S/c1-15-7-9-17(10-8-15)13-28-19-20(25(3)23(31)26(4)21(19)30)24-22(28)32-14-18(29)27-11-5-6-16(2)12-27/h7-10,16H,5-6,11-14H2,1-4H3/t16-/m1/s1. The number of benzene rings is 1.